The number of rotatable bonds is 4. The van der Waals surface area contributed by atoms with Crippen LogP contribution in [0, 0.1) is 3.57 Å². The van der Waals surface area contributed by atoms with Gasteiger partial charge >= 0.3 is 0 Å². The van der Waals surface area contributed by atoms with Crippen LogP contribution in [-0.2, 0) is 0 Å². The van der Waals surface area contributed by atoms with E-state index in [1.54, 1.807) is 6.92 Å². The number of halogens is 1. The second-order valence-corrected chi connectivity index (χ2v) is 4.99. The van der Waals surface area contributed by atoms with Crippen molar-refractivity contribution < 1.29 is 10.2 Å². The van der Waals surface area contributed by atoms with Crippen molar-refractivity contribution >= 4 is 34.0 Å². The van der Waals surface area contributed by atoms with Gasteiger partial charge in [0, 0.05) is 10.1 Å². The molecule has 0 saturated heterocycles. The maximum Gasteiger partial charge on any atom is 0.102 e. The highest BCUT2D eigenvalue weighted by Crippen LogP contribution is 2.21. The van der Waals surface area contributed by atoms with Crippen molar-refractivity contribution in [2.75, 3.05) is 24.2 Å². The lowest BCUT2D eigenvalue weighted by molar-refractivity contribution is 0.0132. The average molecular weight is 322 g/mol. The summed E-state index contributed by atoms with van der Waals surface area (Å²) < 4.78 is 1.06. The molecule has 15 heavy (non-hydrogen) atoms. The summed E-state index contributed by atoms with van der Waals surface area (Å²) in [5.41, 5.74) is 6.05. The standard InChI is InChI=1S/C10H15IN2O2/c1-10(15,6-14)5-13-9-3-2-7(11)4-8(9)12/h2-4,13-15H,5-6,12H2,1H3. The molecule has 84 valence electrons. The maximum absolute atomic E-state index is 9.58. The van der Waals surface area contributed by atoms with Crippen LogP contribution in [0.25, 0.3) is 0 Å². The average Bonchev–Trinajstić information content (AvgIpc) is 2.16. The molecule has 0 bridgehead atoms. The number of hydrogen-bond acceptors (Lipinski definition) is 4. The largest absolute Gasteiger partial charge is 0.397 e. The molecular formula is C10H15IN2O2. The Bertz CT molecular complexity index is 342. The smallest absolute Gasteiger partial charge is 0.102 e. The number of aliphatic hydroxyl groups excluding tert-OH is 1. The molecule has 0 aliphatic heterocycles. The number of nitrogen functional groups attached to an aromatic ring is 1. The molecule has 4 nitrogen and oxygen atoms in total. The second-order valence-electron chi connectivity index (χ2n) is 3.74. The summed E-state index contributed by atoms with van der Waals surface area (Å²) in [5.74, 6) is 0. The minimum absolute atomic E-state index is 0.258. The first-order chi connectivity index (χ1) is 6.94. The highest BCUT2D eigenvalue weighted by atomic mass is 127. The van der Waals surface area contributed by atoms with Crippen LogP contribution in [0.15, 0.2) is 18.2 Å². The van der Waals surface area contributed by atoms with Crippen LogP contribution >= 0.6 is 22.6 Å². The summed E-state index contributed by atoms with van der Waals surface area (Å²) in [6.07, 6.45) is 0. The highest BCUT2D eigenvalue weighted by Gasteiger charge is 2.18. The molecule has 0 aromatic heterocycles. The Morgan fingerprint density at radius 1 is 1.53 bits per heavy atom. The van der Waals surface area contributed by atoms with Crippen molar-refractivity contribution in [2.24, 2.45) is 0 Å². The molecule has 1 unspecified atom stereocenters. The second kappa shape index (κ2) is 5.00. The summed E-state index contributed by atoms with van der Waals surface area (Å²) in [6, 6.07) is 5.62. The third kappa shape index (κ3) is 3.84. The Morgan fingerprint density at radius 2 is 2.20 bits per heavy atom. The van der Waals surface area contributed by atoms with E-state index in [-0.39, 0.29) is 13.2 Å². The lowest BCUT2D eigenvalue weighted by Gasteiger charge is -2.21. The summed E-state index contributed by atoms with van der Waals surface area (Å²) in [4.78, 5) is 0. The van der Waals surface area contributed by atoms with Crippen molar-refractivity contribution in [1.29, 1.82) is 0 Å². The van der Waals surface area contributed by atoms with Crippen molar-refractivity contribution in [2.45, 2.75) is 12.5 Å². The molecular weight excluding hydrogens is 307 g/mol. The summed E-state index contributed by atoms with van der Waals surface area (Å²) in [7, 11) is 0. The normalized spacial score (nSPS) is 14.7. The van der Waals surface area contributed by atoms with E-state index in [1.807, 2.05) is 18.2 Å². The lowest BCUT2D eigenvalue weighted by Crippen LogP contribution is -2.37. The molecule has 5 N–H and O–H groups in total. The summed E-state index contributed by atoms with van der Waals surface area (Å²) in [6.45, 7) is 1.53. The van der Waals surface area contributed by atoms with Crippen LogP contribution in [-0.4, -0.2) is 29.0 Å². The van der Waals surface area contributed by atoms with Gasteiger partial charge in [0.05, 0.1) is 18.0 Å². The molecule has 1 rings (SSSR count). The summed E-state index contributed by atoms with van der Waals surface area (Å²) >= 11 is 2.18. The molecule has 0 aliphatic carbocycles. The first kappa shape index (κ1) is 12.5. The van der Waals surface area contributed by atoms with Gasteiger partial charge < -0.3 is 21.3 Å². The highest BCUT2D eigenvalue weighted by molar-refractivity contribution is 14.1. The van der Waals surface area contributed by atoms with Crippen molar-refractivity contribution in [1.82, 2.24) is 0 Å². The number of benzene rings is 1. The van der Waals surface area contributed by atoms with E-state index < -0.39 is 5.60 Å². The Labute approximate surface area is 103 Å². The van der Waals surface area contributed by atoms with Crippen LogP contribution < -0.4 is 11.1 Å². The molecule has 0 radical (unpaired) electrons. The van der Waals surface area contributed by atoms with Gasteiger partial charge in [0.25, 0.3) is 0 Å². The van der Waals surface area contributed by atoms with E-state index in [4.69, 9.17) is 10.8 Å². The molecule has 0 amide bonds. The zero-order valence-electron chi connectivity index (χ0n) is 8.50. The van der Waals surface area contributed by atoms with Crippen LogP contribution in [0.5, 0.6) is 0 Å². The molecule has 5 heteroatoms. The zero-order valence-corrected chi connectivity index (χ0v) is 10.7. The molecule has 1 atom stereocenters. The quantitative estimate of drug-likeness (QED) is 0.493. The Balaban J connectivity index is 2.66. The van der Waals surface area contributed by atoms with Gasteiger partial charge in [0.2, 0.25) is 0 Å². The Hall–Kier alpha value is -0.530. The van der Waals surface area contributed by atoms with Crippen LogP contribution in [0.1, 0.15) is 6.92 Å². The Kier molecular flexibility index (Phi) is 4.18. The SMILES string of the molecule is CC(O)(CO)CNc1ccc(I)cc1N. The van der Waals surface area contributed by atoms with E-state index in [0.717, 1.165) is 9.26 Å². The maximum atomic E-state index is 9.58. The third-order valence-electron chi connectivity index (χ3n) is 2.01. The summed E-state index contributed by atoms with van der Waals surface area (Å²) in [5, 5.41) is 21.4. The third-order valence-corrected chi connectivity index (χ3v) is 2.68. The van der Waals surface area contributed by atoms with Gasteiger partial charge in [-0.2, -0.15) is 0 Å². The van der Waals surface area contributed by atoms with Crippen molar-refractivity contribution in [3.05, 3.63) is 21.8 Å². The van der Waals surface area contributed by atoms with Crippen LogP contribution in [0.2, 0.25) is 0 Å². The fourth-order valence-electron chi connectivity index (χ4n) is 1.04. The van der Waals surface area contributed by atoms with Crippen molar-refractivity contribution in [3.63, 3.8) is 0 Å². The van der Waals surface area contributed by atoms with Gasteiger partial charge in [0.1, 0.15) is 5.60 Å². The molecule has 0 spiro atoms. The van der Waals surface area contributed by atoms with Crippen molar-refractivity contribution in [3.8, 4) is 0 Å². The number of nitrogens with two attached hydrogens (primary N) is 1. The number of nitrogens with one attached hydrogen (secondary N) is 1. The fourth-order valence-corrected chi connectivity index (χ4v) is 1.55. The van der Waals surface area contributed by atoms with E-state index in [0.29, 0.717) is 5.69 Å². The van der Waals surface area contributed by atoms with Crippen LogP contribution in [0.3, 0.4) is 0 Å². The van der Waals surface area contributed by atoms with Gasteiger partial charge in [-0.1, -0.05) is 0 Å². The predicted octanol–water partition coefficient (Wildman–Crippen LogP) is 1.03. The fraction of sp³-hybridized carbons (Fsp3) is 0.400. The van der Waals surface area contributed by atoms with Gasteiger partial charge in [-0.15, -0.1) is 0 Å². The molecule has 0 heterocycles. The van der Waals surface area contributed by atoms with Gasteiger partial charge in [0.15, 0.2) is 0 Å². The number of hydrogen-bond donors (Lipinski definition) is 4. The van der Waals surface area contributed by atoms with E-state index in [9.17, 15) is 5.11 Å². The zero-order chi connectivity index (χ0) is 11.5. The molecule has 1 aromatic carbocycles. The predicted molar refractivity (Wildman–Crippen MR) is 69.8 cm³/mol. The minimum Gasteiger partial charge on any atom is -0.397 e. The molecule has 0 aliphatic rings. The van der Waals surface area contributed by atoms with Gasteiger partial charge in [-0.05, 0) is 47.7 Å². The van der Waals surface area contributed by atoms with Gasteiger partial charge in [-0.3, -0.25) is 0 Å². The molecule has 0 fully saturated rings. The molecule has 1 aromatic rings. The monoisotopic (exact) mass is 322 g/mol. The minimum atomic E-state index is -1.13. The number of aliphatic hydroxyl groups is 2. The van der Waals surface area contributed by atoms with E-state index in [1.165, 1.54) is 0 Å². The Morgan fingerprint density at radius 3 is 2.73 bits per heavy atom. The topological polar surface area (TPSA) is 78.5 Å². The first-order valence-corrected chi connectivity index (χ1v) is 5.64. The van der Waals surface area contributed by atoms with Crippen LogP contribution in [0.4, 0.5) is 11.4 Å². The van der Waals surface area contributed by atoms with Gasteiger partial charge in [-0.25, -0.2) is 0 Å². The first-order valence-electron chi connectivity index (χ1n) is 4.57. The number of anilines is 2. The lowest BCUT2D eigenvalue weighted by atomic mass is 10.1. The van der Waals surface area contributed by atoms with E-state index in [2.05, 4.69) is 27.9 Å². The van der Waals surface area contributed by atoms with E-state index >= 15 is 0 Å². The molecule has 0 saturated carbocycles.